The largest absolute Gasteiger partial charge is 0.458 e. The lowest BCUT2D eigenvalue weighted by Crippen LogP contribution is -2.54. The molecule has 0 radical (unpaired) electrons. The molecule has 0 unspecified atom stereocenters. The number of nitrogens with zero attached hydrogens (tertiary/aromatic N) is 3. The molecule has 0 amide bonds. The first-order valence-electron chi connectivity index (χ1n) is 14.5. The molecule has 4 heterocycles. The van der Waals surface area contributed by atoms with E-state index in [0.29, 0.717) is 6.01 Å². The van der Waals surface area contributed by atoms with Crippen molar-refractivity contribution in [1.29, 1.82) is 0 Å². The van der Waals surface area contributed by atoms with Crippen molar-refractivity contribution in [3.63, 3.8) is 0 Å². The van der Waals surface area contributed by atoms with Crippen LogP contribution in [-0.2, 0) is 0 Å². The average Bonchev–Trinajstić information content (AvgIpc) is 3.60. The highest BCUT2D eigenvalue weighted by atomic mass is 16.5. The Morgan fingerprint density at radius 1 is 0.581 bits per heavy atom. The summed E-state index contributed by atoms with van der Waals surface area (Å²) in [4.78, 5) is 4.91. The number of rotatable bonds is 2. The minimum Gasteiger partial charge on any atom is -0.458 e. The summed E-state index contributed by atoms with van der Waals surface area (Å²) in [6.45, 7) is -0.105. The molecule has 0 spiro atoms. The van der Waals surface area contributed by atoms with E-state index in [1.165, 1.54) is 16.3 Å². The molecular weight excluding hydrogens is 529 g/mol. The lowest BCUT2D eigenvalue weighted by Gasteiger charge is -2.32. The topological polar surface area (TPSA) is 41.2 Å². The fourth-order valence-electron chi connectivity index (χ4n) is 7.08. The van der Waals surface area contributed by atoms with Gasteiger partial charge in [0.25, 0.3) is 6.01 Å². The van der Waals surface area contributed by atoms with Gasteiger partial charge in [-0.15, -0.1) is 0 Å². The van der Waals surface area contributed by atoms with Crippen LogP contribution < -0.4 is 20.4 Å². The normalized spacial score (nSPS) is 13.0. The fourth-order valence-corrected chi connectivity index (χ4v) is 7.08. The first-order chi connectivity index (χ1) is 21.3. The smallest absolute Gasteiger partial charge is 0.344 e. The minimum absolute atomic E-state index is 0.105. The average molecular weight is 551 g/mol. The Hall–Kier alpha value is -5.75. The van der Waals surface area contributed by atoms with Gasteiger partial charge in [-0.05, 0) is 59.6 Å². The third-order valence-corrected chi connectivity index (χ3v) is 8.85. The second kappa shape index (κ2) is 8.40. The minimum atomic E-state index is -0.105. The number of para-hydroxylation sites is 6. The zero-order valence-electron chi connectivity index (χ0n) is 22.9. The summed E-state index contributed by atoms with van der Waals surface area (Å²) in [5.74, 6) is 2.43. The van der Waals surface area contributed by atoms with Crippen molar-refractivity contribution in [3.05, 3.63) is 133 Å². The molecule has 0 atom stereocenters. The highest BCUT2D eigenvalue weighted by Crippen LogP contribution is 2.43. The summed E-state index contributed by atoms with van der Waals surface area (Å²) >= 11 is 0. The first-order valence-corrected chi connectivity index (χ1v) is 14.5. The SMILES string of the molecule is c1ccc(-n2c3ccccc3c3cccc(-c4cc5c6c(c4)Oc4nc7ccccc7n4B6c4ccccc4O5)c32)cc1. The molecule has 0 saturated carbocycles. The predicted octanol–water partition coefficient (Wildman–Crippen LogP) is 7.67. The molecule has 0 bridgehead atoms. The van der Waals surface area contributed by atoms with Gasteiger partial charge in [-0.1, -0.05) is 84.9 Å². The second-order valence-corrected chi connectivity index (χ2v) is 11.2. The van der Waals surface area contributed by atoms with Crippen molar-refractivity contribution in [2.75, 3.05) is 0 Å². The predicted molar refractivity (Wildman–Crippen MR) is 173 cm³/mol. The van der Waals surface area contributed by atoms with Crippen LogP contribution in [0.1, 0.15) is 0 Å². The quantitative estimate of drug-likeness (QED) is 0.207. The molecule has 8 aromatic rings. The third kappa shape index (κ3) is 3.09. The van der Waals surface area contributed by atoms with Gasteiger partial charge in [0.05, 0.1) is 22.1 Å². The molecule has 0 saturated heterocycles. The van der Waals surface area contributed by atoms with Crippen molar-refractivity contribution in [1.82, 2.24) is 14.0 Å². The molecule has 10 rings (SSSR count). The molecule has 2 aliphatic rings. The number of aromatic nitrogens is 3. The van der Waals surface area contributed by atoms with Crippen LogP contribution in [-0.4, -0.2) is 20.9 Å². The van der Waals surface area contributed by atoms with Gasteiger partial charge in [0.2, 0.25) is 0 Å². The van der Waals surface area contributed by atoms with E-state index >= 15 is 0 Å². The number of fused-ring (bicyclic) bond motifs is 9. The number of hydrogen-bond donors (Lipinski definition) is 0. The van der Waals surface area contributed by atoms with Crippen molar-refractivity contribution in [2.45, 2.75) is 0 Å². The Bertz CT molecular complexity index is 2430. The van der Waals surface area contributed by atoms with E-state index in [1.807, 2.05) is 24.3 Å². The highest BCUT2D eigenvalue weighted by molar-refractivity contribution is 6.87. The maximum absolute atomic E-state index is 6.66. The molecule has 6 aromatic carbocycles. The van der Waals surface area contributed by atoms with Crippen LogP contribution in [0.5, 0.6) is 23.3 Å². The number of imidazole rings is 1. The molecular formula is C37H22BN3O2. The van der Waals surface area contributed by atoms with Gasteiger partial charge in [-0.2, -0.15) is 4.98 Å². The summed E-state index contributed by atoms with van der Waals surface area (Å²) in [6.07, 6.45) is 0. The molecule has 200 valence electrons. The standard InChI is InChI=1S/C37H22BN3O2/c1-2-11-24(12-3-1)40-30-18-7-4-13-26(30)27-15-10-14-25(36(27)40)23-21-33-35-34(22-23)43-37-39-29-17-6-8-19-31(29)41(37)38(35)28-16-5-9-20-32(28)42-33/h1-22H. The number of benzene rings is 6. The molecule has 5 nitrogen and oxygen atoms in total. The molecule has 2 aliphatic heterocycles. The van der Waals surface area contributed by atoms with Crippen molar-refractivity contribution in [2.24, 2.45) is 0 Å². The maximum atomic E-state index is 6.66. The Kier molecular flexibility index (Phi) is 4.47. The van der Waals surface area contributed by atoms with Crippen molar-refractivity contribution < 1.29 is 9.47 Å². The van der Waals surface area contributed by atoms with Crippen LogP contribution in [0.4, 0.5) is 0 Å². The van der Waals surface area contributed by atoms with Crippen LogP contribution in [0.2, 0.25) is 0 Å². The van der Waals surface area contributed by atoms with Crippen LogP contribution >= 0.6 is 0 Å². The van der Waals surface area contributed by atoms with Gasteiger partial charge < -0.3 is 18.5 Å². The van der Waals surface area contributed by atoms with Crippen LogP contribution in [0.15, 0.2) is 133 Å². The fraction of sp³-hybridized carbons (Fsp3) is 0. The van der Waals surface area contributed by atoms with E-state index in [9.17, 15) is 0 Å². The summed E-state index contributed by atoms with van der Waals surface area (Å²) in [5, 5.41) is 2.42. The van der Waals surface area contributed by atoms with Crippen molar-refractivity contribution in [3.8, 4) is 40.1 Å². The molecule has 0 N–H and O–H groups in total. The number of ether oxygens (including phenoxy) is 2. The Morgan fingerprint density at radius 3 is 2.21 bits per heavy atom. The van der Waals surface area contributed by atoms with Gasteiger partial charge in [-0.3, -0.25) is 0 Å². The summed E-state index contributed by atoms with van der Waals surface area (Å²) < 4.78 is 17.9. The van der Waals surface area contributed by atoms with E-state index < -0.39 is 0 Å². The zero-order valence-corrected chi connectivity index (χ0v) is 22.9. The van der Waals surface area contributed by atoms with Crippen LogP contribution in [0.3, 0.4) is 0 Å². The molecule has 2 aromatic heterocycles. The van der Waals surface area contributed by atoms with E-state index in [2.05, 4.69) is 118 Å². The monoisotopic (exact) mass is 551 g/mol. The van der Waals surface area contributed by atoms with Gasteiger partial charge in [0, 0.05) is 27.5 Å². The lowest BCUT2D eigenvalue weighted by molar-refractivity contribution is 0.429. The van der Waals surface area contributed by atoms with E-state index in [-0.39, 0.29) is 6.85 Å². The van der Waals surface area contributed by atoms with Crippen molar-refractivity contribution >= 4 is 50.6 Å². The summed E-state index contributed by atoms with van der Waals surface area (Å²) in [6, 6.07) is 47.2. The van der Waals surface area contributed by atoms with Gasteiger partial charge >= 0.3 is 6.85 Å². The Balaban J connectivity index is 1.27. The van der Waals surface area contributed by atoms with Gasteiger partial charge in [-0.25, -0.2) is 0 Å². The lowest BCUT2D eigenvalue weighted by atomic mass is 9.48. The molecule has 6 heteroatoms. The number of hydrogen-bond acceptors (Lipinski definition) is 3. The third-order valence-electron chi connectivity index (χ3n) is 8.85. The van der Waals surface area contributed by atoms with Gasteiger partial charge in [0.15, 0.2) is 0 Å². The van der Waals surface area contributed by atoms with E-state index in [1.54, 1.807) is 0 Å². The van der Waals surface area contributed by atoms with Gasteiger partial charge in [0.1, 0.15) is 17.2 Å². The Morgan fingerprint density at radius 2 is 1.30 bits per heavy atom. The molecule has 43 heavy (non-hydrogen) atoms. The summed E-state index contributed by atoms with van der Waals surface area (Å²) in [7, 11) is 0. The highest BCUT2D eigenvalue weighted by Gasteiger charge is 2.42. The zero-order chi connectivity index (χ0) is 28.1. The second-order valence-electron chi connectivity index (χ2n) is 11.2. The first kappa shape index (κ1) is 22.9. The molecule has 0 fully saturated rings. The summed E-state index contributed by atoms with van der Waals surface area (Å²) in [5.41, 5.74) is 9.65. The maximum Gasteiger partial charge on any atom is 0.344 e. The van der Waals surface area contributed by atoms with E-state index in [4.69, 9.17) is 14.5 Å². The Labute approximate surface area is 247 Å². The van der Waals surface area contributed by atoms with E-state index in [0.717, 1.165) is 61.5 Å². The molecule has 0 aliphatic carbocycles. The van der Waals surface area contributed by atoms with Crippen LogP contribution in [0.25, 0.3) is 49.7 Å². The van der Waals surface area contributed by atoms with Crippen LogP contribution in [0, 0.1) is 0 Å².